The summed E-state index contributed by atoms with van der Waals surface area (Å²) in [5.41, 5.74) is 2.43. The van der Waals surface area contributed by atoms with Crippen LogP contribution < -0.4 is 14.8 Å². The molecule has 2 rings (SSSR count). The average molecular weight is 341 g/mol. The molecule has 2 aromatic rings. The summed E-state index contributed by atoms with van der Waals surface area (Å²) < 4.78 is 10.7. The van der Waals surface area contributed by atoms with Gasteiger partial charge in [0.15, 0.2) is 0 Å². The van der Waals surface area contributed by atoms with Crippen molar-refractivity contribution < 1.29 is 14.3 Å². The fourth-order valence-corrected chi connectivity index (χ4v) is 2.53. The summed E-state index contributed by atoms with van der Waals surface area (Å²) >= 11 is 0. The van der Waals surface area contributed by atoms with E-state index >= 15 is 0 Å². The lowest BCUT2D eigenvalue weighted by atomic mass is 10.0. The maximum absolute atomic E-state index is 12.1. The van der Waals surface area contributed by atoms with Gasteiger partial charge in [0.05, 0.1) is 19.8 Å². The highest BCUT2D eigenvalue weighted by atomic mass is 16.5. The third-order valence-corrected chi connectivity index (χ3v) is 4.14. The molecule has 0 fully saturated rings. The largest absolute Gasteiger partial charge is 0.497 e. The Kier molecular flexibility index (Phi) is 7.33. The highest BCUT2D eigenvalue weighted by Crippen LogP contribution is 2.17. The molecule has 0 heterocycles. The van der Waals surface area contributed by atoms with Crippen LogP contribution >= 0.6 is 0 Å². The van der Waals surface area contributed by atoms with Crippen LogP contribution in [0.5, 0.6) is 11.5 Å². The van der Waals surface area contributed by atoms with E-state index in [0.717, 1.165) is 23.5 Å². The Balaban J connectivity index is 1.68. The molecule has 4 heteroatoms. The van der Waals surface area contributed by atoms with Gasteiger partial charge in [0, 0.05) is 6.42 Å². The number of ether oxygens (including phenoxy) is 2. The van der Waals surface area contributed by atoms with Gasteiger partial charge in [-0.2, -0.15) is 0 Å². The number of amides is 1. The molecule has 1 N–H and O–H groups in total. The Labute approximate surface area is 150 Å². The number of nitrogens with one attached hydrogen (secondary N) is 1. The van der Waals surface area contributed by atoms with Crippen LogP contribution in [0.2, 0.25) is 0 Å². The molecular formula is C21H27NO3. The standard InChI is InChI=1S/C21H27NO3/c1-4-17-7-9-18(10-8-17)16(2)22-21(23)6-5-15-25-20-13-11-19(24-3)12-14-20/h7-14,16H,4-6,15H2,1-3H3,(H,22,23)/t16-/m1/s1. The zero-order valence-electron chi connectivity index (χ0n) is 15.2. The summed E-state index contributed by atoms with van der Waals surface area (Å²) in [6.45, 7) is 4.65. The number of carbonyl (C=O) groups excluding carboxylic acids is 1. The second-order valence-corrected chi connectivity index (χ2v) is 6.01. The van der Waals surface area contributed by atoms with Crippen molar-refractivity contribution in [3.63, 3.8) is 0 Å². The van der Waals surface area contributed by atoms with E-state index in [2.05, 4.69) is 36.5 Å². The van der Waals surface area contributed by atoms with Crippen LogP contribution in [0.25, 0.3) is 0 Å². The minimum atomic E-state index is 0.0147. The van der Waals surface area contributed by atoms with Gasteiger partial charge in [-0.15, -0.1) is 0 Å². The molecule has 134 valence electrons. The van der Waals surface area contributed by atoms with E-state index in [-0.39, 0.29) is 11.9 Å². The first-order chi connectivity index (χ1) is 12.1. The monoisotopic (exact) mass is 341 g/mol. The number of hydrogen-bond acceptors (Lipinski definition) is 3. The second-order valence-electron chi connectivity index (χ2n) is 6.01. The van der Waals surface area contributed by atoms with Crippen LogP contribution in [-0.2, 0) is 11.2 Å². The summed E-state index contributed by atoms with van der Waals surface area (Å²) in [6, 6.07) is 15.8. The van der Waals surface area contributed by atoms with Crippen LogP contribution in [0.1, 0.15) is 43.9 Å². The van der Waals surface area contributed by atoms with Crippen LogP contribution in [0.4, 0.5) is 0 Å². The van der Waals surface area contributed by atoms with Gasteiger partial charge in [0.25, 0.3) is 0 Å². The van der Waals surface area contributed by atoms with E-state index in [1.165, 1.54) is 5.56 Å². The van der Waals surface area contributed by atoms with Crippen molar-refractivity contribution in [2.45, 2.75) is 39.2 Å². The van der Waals surface area contributed by atoms with Crippen molar-refractivity contribution in [1.82, 2.24) is 5.32 Å². The van der Waals surface area contributed by atoms with E-state index in [1.54, 1.807) is 7.11 Å². The predicted octanol–water partition coefficient (Wildman–Crippen LogP) is 4.29. The Morgan fingerprint density at radius 2 is 1.68 bits per heavy atom. The van der Waals surface area contributed by atoms with Gasteiger partial charge in [-0.05, 0) is 55.2 Å². The molecule has 0 saturated heterocycles. The van der Waals surface area contributed by atoms with Crippen molar-refractivity contribution in [3.05, 3.63) is 59.7 Å². The second kappa shape index (κ2) is 9.72. The van der Waals surface area contributed by atoms with Crippen LogP contribution in [-0.4, -0.2) is 19.6 Å². The summed E-state index contributed by atoms with van der Waals surface area (Å²) in [6.07, 6.45) is 2.15. The molecule has 0 aliphatic carbocycles. The minimum absolute atomic E-state index is 0.0147. The zero-order valence-corrected chi connectivity index (χ0v) is 15.2. The van der Waals surface area contributed by atoms with Crippen molar-refractivity contribution >= 4 is 5.91 Å². The molecule has 4 nitrogen and oxygen atoms in total. The van der Waals surface area contributed by atoms with Crippen molar-refractivity contribution in [3.8, 4) is 11.5 Å². The maximum Gasteiger partial charge on any atom is 0.220 e. The molecule has 0 spiro atoms. The van der Waals surface area contributed by atoms with Crippen LogP contribution in [0.3, 0.4) is 0 Å². The summed E-state index contributed by atoms with van der Waals surface area (Å²) in [7, 11) is 1.63. The molecule has 1 atom stereocenters. The lowest BCUT2D eigenvalue weighted by Crippen LogP contribution is -2.26. The fourth-order valence-electron chi connectivity index (χ4n) is 2.53. The molecule has 0 saturated carbocycles. The Morgan fingerprint density at radius 1 is 1.04 bits per heavy atom. The first kappa shape index (κ1) is 18.8. The van der Waals surface area contributed by atoms with Gasteiger partial charge in [-0.1, -0.05) is 31.2 Å². The third-order valence-electron chi connectivity index (χ3n) is 4.14. The number of rotatable bonds is 9. The lowest BCUT2D eigenvalue weighted by molar-refractivity contribution is -0.121. The van der Waals surface area contributed by atoms with Crippen molar-refractivity contribution in [1.29, 1.82) is 0 Å². The Hall–Kier alpha value is -2.49. The molecule has 0 aromatic heterocycles. The van der Waals surface area contributed by atoms with Crippen LogP contribution in [0.15, 0.2) is 48.5 Å². The molecule has 0 aliphatic heterocycles. The maximum atomic E-state index is 12.1. The molecule has 0 unspecified atom stereocenters. The predicted molar refractivity (Wildman–Crippen MR) is 100 cm³/mol. The topological polar surface area (TPSA) is 47.6 Å². The minimum Gasteiger partial charge on any atom is -0.497 e. The van der Waals surface area contributed by atoms with E-state index in [1.807, 2.05) is 31.2 Å². The summed E-state index contributed by atoms with van der Waals surface area (Å²) in [5, 5.41) is 3.04. The Morgan fingerprint density at radius 3 is 2.28 bits per heavy atom. The molecule has 0 radical (unpaired) electrons. The number of benzene rings is 2. The number of hydrogen-bond donors (Lipinski definition) is 1. The molecule has 1 amide bonds. The van der Waals surface area contributed by atoms with Gasteiger partial charge in [-0.25, -0.2) is 0 Å². The summed E-state index contributed by atoms with van der Waals surface area (Å²) in [5.74, 6) is 1.63. The third kappa shape index (κ3) is 6.14. The van der Waals surface area contributed by atoms with Crippen molar-refractivity contribution in [2.75, 3.05) is 13.7 Å². The first-order valence-electron chi connectivity index (χ1n) is 8.77. The lowest BCUT2D eigenvalue weighted by Gasteiger charge is -2.15. The smallest absolute Gasteiger partial charge is 0.220 e. The van der Waals surface area contributed by atoms with Gasteiger partial charge in [0.2, 0.25) is 5.91 Å². The quantitative estimate of drug-likeness (QED) is 0.692. The van der Waals surface area contributed by atoms with Crippen LogP contribution in [0, 0.1) is 0 Å². The number of carbonyl (C=O) groups is 1. The first-order valence-corrected chi connectivity index (χ1v) is 8.77. The molecular weight excluding hydrogens is 314 g/mol. The van der Waals surface area contributed by atoms with Crippen molar-refractivity contribution in [2.24, 2.45) is 0 Å². The van der Waals surface area contributed by atoms with Gasteiger partial charge >= 0.3 is 0 Å². The van der Waals surface area contributed by atoms with E-state index in [4.69, 9.17) is 9.47 Å². The Bertz CT molecular complexity index is 650. The van der Waals surface area contributed by atoms with E-state index in [9.17, 15) is 4.79 Å². The SMILES string of the molecule is CCc1ccc([C@@H](C)NC(=O)CCCOc2ccc(OC)cc2)cc1. The summed E-state index contributed by atoms with van der Waals surface area (Å²) in [4.78, 5) is 12.1. The molecule has 0 bridgehead atoms. The van der Waals surface area contributed by atoms with E-state index < -0.39 is 0 Å². The van der Waals surface area contributed by atoms with Gasteiger partial charge in [-0.3, -0.25) is 4.79 Å². The fraction of sp³-hybridized carbons (Fsp3) is 0.381. The number of aryl methyl sites for hydroxylation is 1. The average Bonchev–Trinajstić information content (AvgIpc) is 2.65. The number of methoxy groups -OCH3 is 1. The van der Waals surface area contributed by atoms with E-state index in [0.29, 0.717) is 19.4 Å². The zero-order chi connectivity index (χ0) is 18.1. The molecule has 25 heavy (non-hydrogen) atoms. The molecule has 2 aromatic carbocycles. The van der Waals surface area contributed by atoms with Gasteiger partial charge < -0.3 is 14.8 Å². The normalized spacial score (nSPS) is 11.6. The highest BCUT2D eigenvalue weighted by molar-refractivity contribution is 5.76. The highest BCUT2D eigenvalue weighted by Gasteiger charge is 2.09. The van der Waals surface area contributed by atoms with Gasteiger partial charge in [0.1, 0.15) is 11.5 Å². The molecule has 0 aliphatic rings.